The maximum atomic E-state index is 11.9. The highest BCUT2D eigenvalue weighted by Crippen LogP contribution is 2.30. The van der Waals surface area contributed by atoms with E-state index >= 15 is 0 Å². The van der Waals surface area contributed by atoms with E-state index in [1.165, 1.54) is 19.3 Å². The molecule has 0 bridgehead atoms. The van der Waals surface area contributed by atoms with Crippen LogP contribution < -0.4 is 5.32 Å². The Morgan fingerprint density at radius 2 is 2.35 bits per heavy atom. The fourth-order valence-electron chi connectivity index (χ4n) is 2.23. The summed E-state index contributed by atoms with van der Waals surface area (Å²) in [6.45, 7) is 2.69. The number of rotatable bonds is 3. The minimum absolute atomic E-state index is 0.0206. The fourth-order valence-corrected chi connectivity index (χ4v) is 3.00. The van der Waals surface area contributed by atoms with E-state index in [9.17, 15) is 4.79 Å². The molecule has 1 fully saturated rings. The van der Waals surface area contributed by atoms with Crippen molar-refractivity contribution >= 4 is 21.8 Å². The quantitative estimate of drug-likeness (QED) is 0.872. The van der Waals surface area contributed by atoms with Gasteiger partial charge in [-0.15, -0.1) is 0 Å². The number of halogens is 1. The van der Waals surface area contributed by atoms with Gasteiger partial charge in [-0.1, -0.05) is 22.4 Å². The minimum atomic E-state index is -0.0206. The molecule has 1 N–H and O–H groups in total. The minimum Gasteiger partial charge on any atom is -0.352 e. The second kappa shape index (κ2) is 5.63. The van der Waals surface area contributed by atoms with Crippen molar-refractivity contribution in [3.63, 3.8) is 0 Å². The van der Waals surface area contributed by atoms with E-state index < -0.39 is 0 Å². The standard InChI is InChI=1S/C13H17BrN2O/c1-9-5-11(7-15-6-9)13(17)16-8-10-3-2-4-12(10)14/h5-7,10,12H,2-4,8H2,1H3,(H,16,17). The van der Waals surface area contributed by atoms with Crippen LogP contribution in [0.3, 0.4) is 0 Å². The second-order valence-corrected chi connectivity index (χ2v) is 5.84. The Balaban J connectivity index is 1.89. The summed E-state index contributed by atoms with van der Waals surface area (Å²) in [6, 6.07) is 1.86. The molecule has 0 aromatic carbocycles. The summed E-state index contributed by atoms with van der Waals surface area (Å²) in [7, 11) is 0. The molecule has 0 spiro atoms. The lowest BCUT2D eigenvalue weighted by Gasteiger charge is -2.14. The Labute approximate surface area is 110 Å². The number of hydrogen-bond donors (Lipinski definition) is 1. The van der Waals surface area contributed by atoms with Gasteiger partial charge in [-0.25, -0.2) is 0 Å². The predicted octanol–water partition coefficient (Wildman–Crippen LogP) is 2.68. The van der Waals surface area contributed by atoms with Crippen molar-refractivity contribution in [1.29, 1.82) is 0 Å². The van der Waals surface area contributed by atoms with Crippen LogP contribution in [0.5, 0.6) is 0 Å². The number of carbonyl (C=O) groups excluding carboxylic acids is 1. The first-order valence-corrected chi connectivity index (χ1v) is 6.92. The van der Waals surface area contributed by atoms with Gasteiger partial charge < -0.3 is 5.32 Å². The van der Waals surface area contributed by atoms with Crippen molar-refractivity contribution in [2.45, 2.75) is 31.0 Å². The van der Waals surface area contributed by atoms with Crippen LogP contribution in [0.2, 0.25) is 0 Å². The summed E-state index contributed by atoms with van der Waals surface area (Å²) in [5.74, 6) is 0.546. The van der Waals surface area contributed by atoms with Crippen LogP contribution in [0.4, 0.5) is 0 Å². The number of alkyl halides is 1. The van der Waals surface area contributed by atoms with E-state index in [1.54, 1.807) is 12.4 Å². The highest BCUT2D eigenvalue weighted by atomic mass is 79.9. The number of hydrogen-bond acceptors (Lipinski definition) is 2. The lowest BCUT2D eigenvalue weighted by Crippen LogP contribution is -2.31. The van der Waals surface area contributed by atoms with Gasteiger partial charge in [-0.05, 0) is 37.3 Å². The van der Waals surface area contributed by atoms with Crippen molar-refractivity contribution in [1.82, 2.24) is 10.3 Å². The Hall–Kier alpha value is -0.900. The van der Waals surface area contributed by atoms with E-state index in [4.69, 9.17) is 0 Å². The number of aryl methyl sites for hydroxylation is 1. The number of nitrogens with zero attached hydrogens (tertiary/aromatic N) is 1. The monoisotopic (exact) mass is 296 g/mol. The summed E-state index contributed by atoms with van der Waals surface area (Å²) >= 11 is 3.66. The molecule has 1 amide bonds. The Morgan fingerprint density at radius 1 is 1.53 bits per heavy atom. The van der Waals surface area contributed by atoms with E-state index in [0.29, 0.717) is 16.3 Å². The third-order valence-corrected chi connectivity index (χ3v) is 4.43. The molecule has 3 nitrogen and oxygen atoms in total. The first kappa shape index (κ1) is 12.6. The van der Waals surface area contributed by atoms with E-state index in [-0.39, 0.29) is 5.91 Å². The fraction of sp³-hybridized carbons (Fsp3) is 0.538. The van der Waals surface area contributed by atoms with Crippen LogP contribution in [0.1, 0.15) is 35.2 Å². The van der Waals surface area contributed by atoms with Gasteiger partial charge in [0.25, 0.3) is 5.91 Å². The van der Waals surface area contributed by atoms with Gasteiger partial charge in [0.2, 0.25) is 0 Å². The predicted molar refractivity (Wildman–Crippen MR) is 71.4 cm³/mol. The van der Waals surface area contributed by atoms with Gasteiger partial charge in [0.1, 0.15) is 0 Å². The number of pyridine rings is 1. The Kier molecular flexibility index (Phi) is 4.15. The van der Waals surface area contributed by atoms with Gasteiger partial charge in [0.05, 0.1) is 5.56 Å². The molecule has 0 radical (unpaired) electrons. The molecule has 1 aromatic heterocycles. The molecule has 0 aliphatic heterocycles. The maximum Gasteiger partial charge on any atom is 0.252 e. The smallest absolute Gasteiger partial charge is 0.252 e. The van der Waals surface area contributed by atoms with E-state index in [2.05, 4.69) is 26.2 Å². The van der Waals surface area contributed by atoms with Crippen LogP contribution in [-0.4, -0.2) is 22.3 Å². The maximum absolute atomic E-state index is 11.9. The van der Waals surface area contributed by atoms with Gasteiger partial charge in [0, 0.05) is 23.8 Å². The normalized spacial score (nSPS) is 23.6. The highest BCUT2D eigenvalue weighted by Gasteiger charge is 2.25. The van der Waals surface area contributed by atoms with Crippen molar-refractivity contribution in [2.75, 3.05) is 6.54 Å². The molecule has 17 heavy (non-hydrogen) atoms. The third-order valence-electron chi connectivity index (χ3n) is 3.23. The summed E-state index contributed by atoms with van der Waals surface area (Å²) in [5, 5.41) is 2.99. The molecular weight excluding hydrogens is 280 g/mol. The number of aromatic nitrogens is 1. The van der Waals surface area contributed by atoms with Crippen molar-refractivity contribution in [3.8, 4) is 0 Å². The molecular formula is C13H17BrN2O. The third kappa shape index (κ3) is 3.28. The molecule has 1 aromatic rings. The summed E-state index contributed by atoms with van der Waals surface area (Å²) in [5.41, 5.74) is 1.66. The zero-order chi connectivity index (χ0) is 12.3. The molecule has 2 atom stereocenters. The number of amides is 1. The molecule has 1 aliphatic rings. The van der Waals surface area contributed by atoms with Crippen LogP contribution in [-0.2, 0) is 0 Å². The Bertz CT molecular complexity index is 408. The van der Waals surface area contributed by atoms with Gasteiger partial charge in [-0.2, -0.15) is 0 Å². The number of carbonyl (C=O) groups is 1. The summed E-state index contributed by atoms with van der Waals surface area (Å²) in [4.78, 5) is 16.5. The first-order valence-electron chi connectivity index (χ1n) is 6.01. The van der Waals surface area contributed by atoms with E-state index in [0.717, 1.165) is 12.1 Å². The zero-order valence-electron chi connectivity index (χ0n) is 9.95. The van der Waals surface area contributed by atoms with Gasteiger partial charge in [0.15, 0.2) is 0 Å². The van der Waals surface area contributed by atoms with E-state index in [1.807, 2.05) is 13.0 Å². The molecule has 92 valence electrons. The largest absolute Gasteiger partial charge is 0.352 e. The average Bonchev–Trinajstić information content (AvgIpc) is 2.72. The molecule has 2 rings (SSSR count). The molecule has 1 aliphatic carbocycles. The average molecular weight is 297 g/mol. The summed E-state index contributed by atoms with van der Waals surface area (Å²) in [6.07, 6.45) is 7.03. The van der Waals surface area contributed by atoms with Gasteiger partial charge >= 0.3 is 0 Å². The van der Waals surface area contributed by atoms with Crippen LogP contribution >= 0.6 is 15.9 Å². The first-order chi connectivity index (χ1) is 8.16. The highest BCUT2D eigenvalue weighted by molar-refractivity contribution is 9.09. The van der Waals surface area contributed by atoms with Gasteiger partial charge in [-0.3, -0.25) is 9.78 Å². The zero-order valence-corrected chi connectivity index (χ0v) is 11.5. The van der Waals surface area contributed by atoms with Crippen molar-refractivity contribution in [2.24, 2.45) is 5.92 Å². The molecule has 1 saturated carbocycles. The summed E-state index contributed by atoms with van der Waals surface area (Å²) < 4.78 is 0. The topological polar surface area (TPSA) is 42.0 Å². The van der Waals surface area contributed by atoms with Crippen molar-refractivity contribution < 1.29 is 4.79 Å². The van der Waals surface area contributed by atoms with Crippen LogP contribution in [0.25, 0.3) is 0 Å². The lowest BCUT2D eigenvalue weighted by molar-refractivity contribution is 0.0947. The molecule has 0 saturated heterocycles. The van der Waals surface area contributed by atoms with Crippen LogP contribution in [0.15, 0.2) is 18.5 Å². The second-order valence-electron chi connectivity index (χ2n) is 4.67. The Morgan fingerprint density at radius 3 is 3.00 bits per heavy atom. The number of nitrogens with one attached hydrogen (secondary N) is 1. The molecule has 2 unspecified atom stereocenters. The van der Waals surface area contributed by atoms with Crippen molar-refractivity contribution in [3.05, 3.63) is 29.6 Å². The lowest BCUT2D eigenvalue weighted by atomic mass is 10.1. The molecule has 1 heterocycles. The molecule has 4 heteroatoms. The van der Waals surface area contributed by atoms with Crippen LogP contribution in [0, 0.1) is 12.8 Å². The SMILES string of the molecule is Cc1cncc(C(=O)NCC2CCCC2Br)c1.